The largest absolute Gasteiger partial charge is 0.481 e. The summed E-state index contributed by atoms with van der Waals surface area (Å²) >= 11 is 0. The number of carboxylic acids is 1. The van der Waals surface area contributed by atoms with Gasteiger partial charge < -0.3 is 14.7 Å². The van der Waals surface area contributed by atoms with E-state index >= 15 is 0 Å². The Bertz CT molecular complexity index is 744. The minimum atomic E-state index is -0.905. The third-order valence-corrected chi connectivity index (χ3v) is 4.33. The monoisotopic (exact) mass is 339 g/mol. The molecule has 0 saturated carbocycles. The van der Waals surface area contributed by atoms with E-state index in [1.54, 1.807) is 24.3 Å². The third kappa shape index (κ3) is 4.45. The summed E-state index contributed by atoms with van der Waals surface area (Å²) in [4.78, 5) is 25.7. The molecule has 1 aliphatic heterocycles. The van der Waals surface area contributed by atoms with Gasteiger partial charge in [0.05, 0.1) is 25.7 Å². The molecule has 0 spiro atoms. The predicted octanol–water partition coefficient (Wildman–Crippen LogP) is 2.40. The molecule has 0 aromatic heterocycles. The Labute approximate surface area is 146 Å². The number of ether oxygens (including phenoxy) is 1. The van der Waals surface area contributed by atoms with Gasteiger partial charge in [0.25, 0.3) is 5.91 Å². The first-order chi connectivity index (χ1) is 12.1. The molecule has 1 heterocycles. The lowest BCUT2D eigenvalue weighted by Gasteiger charge is -2.36. The first kappa shape index (κ1) is 17.2. The van der Waals surface area contributed by atoms with Crippen molar-refractivity contribution in [3.05, 3.63) is 71.3 Å². The number of hydrogen-bond acceptors (Lipinski definition) is 3. The maximum atomic E-state index is 13.0. The highest BCUT2D eigenvalue weighted by atomic mass is 16.5. The van der Waals surface area contributed by atoms with Crippen LogP contribution in [0.25, 0.3) is 0 Å². The summed E-state index contributed by atoms with van der Waals surface area (Å²) in [5.74, 6) is -0.977. The van der Waals surface area contributed by atoms with Crippen molar-refractivity contribution in [3.63, 3.8) is 0 Å². The molecule has 130 valence electrons. The second-order valence-electron chi connectivity index (χ2n) is 6.19. The van der Waals surface area contributed by atoms with Crippen molar-refractivity contribution in [2.75, 3.05) is 19.8 Å². The van der Waals surface area contributed by atoms with Gasteiger partial charge >= 0.3 is 5.97 Å². The van der Waals surface area contributed by atoms with Crippen LogP contribution in [0.2, 0.25) is 0 Å². The molecule has 1 atom stereocenters. The summed E-state index contributed by atoms with van der Waals surface area (Å²) in [7, 11) is 0. The third-order valence-electron chi connectivity index (χ3n) is 4.33. The summed E-state index contributed by atoms with van der Waals surface area (Å²) in [6, 6.07) is 16.9. The van der Waals surface area contributed by atoms with E-state index in [1.165, 1.54) is 0 Å². The van der Waals surface area contributed by atoms with E-state index in [1.807, 2.05) is 35.2 Å². The van der Waals surface area contributed by atoms with Gasteiger partial charge in [-0.15, -0.1) is 0 Å². The highest BCUT2D eigenvalue weighted by molar-refractivity contribution is 5.95. The Morgan fingerprint density at radius 2 is 1.84 bits per heavy atom. The molecule has 2 aromatic carbocycles. The minimum absolute atomic E-state index is 0.0215. The number of morpholine rings is 1. The summed E-state index contributed by atoms with van der Waals surface area (Å²) < 4.78 is 5.58. The SMILES string of the molecule is O=C(O)Cc1cccc(C(=O)N2CCOC[C@@H]2Cc2ccccc2)c1. The Morgan fingerprint density at radius 1 is 1.08 bits per heavy atom. The zero-order valence-electron chi connectivity index (χ0n) is 13.9. The smallest absolute Gasteiger partial charge is 0.307 e. The van der Waals surface area contributed by atoms with Crippen molar-refractivity contribution >= 4 is 11.9 Å². The van der Waals surface area contributed by atoms with Crippen molar-refractivity contribution in [1.29, 1.82) is 0 Å². The molecule has 5 heteroatoms. The predicted molar refractivity (Wildman–Crippen MR) is 93.6 cm³/mol. The number of aliphatic carboxylic acids is 1. The number of amides is 1. The van der Waals surface area contributed by atoms with Gasteiger partial charge in [-0.25, -0.2) is 0 Å². The highest BCUT2D eigenvalue weighted by Crippen LogP contribution is 2.17. The number of rotatable bonds is 5. The maximum Gasteiger partial charge on any atom is 0.307 e. The van der Waals surface area contributed by atoms with Crippen molar-refractivity contribution in [2.24, 2.45) is 0 Å². The Morgan fingerprint density at radius 3 is 2.60 bits per heavy atom. The molecule has 25 heavy (non-hydrogen) atoms. The van der Waals surface area contributed by atoms with Crippen LogP contribution in [0.15, 0.2) is 54.6 Å². The van der Waals surface area contributed by atoms with Crippen LogP contribution in [-0.2, 0) is 22.4 Å². The molecule has 1 amide bonds. The van der Waals surface area contributed by atoms with Crippen LogP contribution in [0.3, 0.4) is 0 Å². The van der Waals surface area contributed by atoms with E-state index in [2.05, 4.69) is 0 Å². The Hall–Kier alpha value is -2.66. The van der Waals surface area contributed by atoms with Crippen molar-refractivity contribution in [1.82, 2.24) is 4.90 Å². The first-order valence-electron chi connectivity index (χ1n) is 8.37. The number of hydrogen-bond donors (Lipinski definition) is 1. The van der Waals surface area contributed by atoms with Crippen molar-refractivity contribution in [2.45, 2.75) is 18.9 Å². The second kappa shape index (κ2) is 7.94. The Kier molecular flexibility index (Phi) is 5.46. The van der Waals surface area contributed by atoms with Crippen LogP contribution in [0, 0.1) is 0 Å². The fourth-order valence-electron chi connectivity index (χ4n) is 3.13. The zero-order chi connectivity index (χ0) is 17.6. The van der Waals surface area contributed by atoms with E-state index in [-0.39, 0.29) is 18.4 Å². The topological polar surface area (TPSA) is 66.8 Å². The van der Waals surface area contributed by atoms with E-state index in [4.69, 9.17) is 9.84 Å². The molecule has 2 aromatic rings. The molecule has 1 saturated heterocycles. The van der Waals surface area contributed by atoms with E-state index in [0.717, 1.165) is 12.0 Å². The number of nitrogens with zero attached hydrogens (tertiary/aromatic N) is 1. The molecular formula is C20H21NO4. The van der Waals surface area contributed by atoms with Crippen molar-refractivity contribution < 1.29 is 19.4 Å². The normalized spacial score (nSPS) is 17.3. The number of carboxylic acid groups (broad SMARTS) is 1. The van der Waals surface area contributed by atoms with Gasteiger partial charge in [-0.1, -0.05) is 42.5 Å². The summed E-state index contributed by atoms with van der Waals surface area (Å²) in [5.41, 5.74) is 2.32. The molecule has 1 N–H and O–H groups in total. The quantitative estimate of drug-likeness (QED) is 0.908. The lowest BCUT2D eigenvalue weighted by atomic mass is 10.0. The average Bonchev–Trinajstić information content (AvgIpc) is 2.62. The lowest BCUT2D eigenvalue weighted by Crippen LogP contribution is -2.49. The second-order valence-corrected chi connectivity index (χ2v) is 6.19. The molecular weight excluding hydrogens is 318 g/mol. The van der Waals surface area contributed by atoms with Crippen LogP contribution in [0.1, 0.15) is 21.5 Å². The standard InChI is InChI=1S/C20H21NO4/c22-19(23)13-16-7-4-8-17(11-16)20(24)21-9-10-25-14-18(21)12-15-5-2-1-3-6-15/h1-8,11,18H,9-10,12-14H2,(H,22,23)/t18-/m0/s1. The van der Waals surface area contributed by atoms with Crippen LogP contribution < -0.4 is 0 Å². The van der Waals surface area contributed by atoms with E-state index < -0.39 is 5.97 Å². The number of carbonyl (C=O) groups is 2. The average molecular weight is 339 g/mol. The first-order valence-corrected chi connectivity index (χ1v) is 8.37. The lowest BCUT2D eigenvalue weighted by molar-refractivity contribution is -0.136. The van der Waals surface area contributed by atoms with Gasteiger partial charge in [0.1, 0.15) is 0 Å². The molecule has 1 fully saturated rings. The molecule has 0 aliphatic carbocycles. The number of benzene rings is 2. The van der Waals surface area contributed by atoms with Gasteiger partial charge in [0, 0.05) is 12.1 Å². The molecule has 0 bridgehead atoms. The molecule has 0 radical (unpaired) electrons. The van der Waals surface area contributed by atoms with Crippen LogP contribution >= 0.6 is 0 Å². The van der Waals surface area contributed by atoms with Gasteiger partial charge in [-0.2, -0.15) is 0 Å². The van der Waals surface area contributed by atoms with Crippen LogP contribution in [0.5, 0.6) is 0 Å². The summed E-state index contributed by atoms with van der Waals surface area (Å²) in [6.07, 6.45) is 0.652. The molecule has 0 unspecified atom stereocenters. The minimum Gasteiger partial charge on any atom is -0.481 e. The highest BCUT2D eigenvalue weighted by Gasteiger charge is 2.28. The maximum absolute atomic E-state index is 13.0. The fourth-order valence-corrected chi connectivity index (χ4v) is 3.13. The summed E-state index contributed by atoms with van der Waals surface area (Å²) in [6.45, 7) is 1.57. The van der Waals surface area contributed by atoms with E-state index in [9.17, 15) is 9.59 Å². The van der Waals surface area contributed by atoms with Crippen molar-refractivity contribution in [3.8, 4) is 0 Å². The molecule has 1 aliphatic rings. The van der Waals surface area contributed by atoms with Gasteiger partial charge in [-0.05, 0) is 29.7 Å². The zero-order valence-corrected chi connectivity index (χ0v) is 13.9. The summed E-state index contributed by atoms with van der Waals surface area (Å²) in [5, 5.41) is 8.94. The van der Waals surface area contributed by atoms with Gasteiger partial charge in [0.15, 0.2) is 0 Å². The fraction of sp³-hybridized carbons (Fsp3) is 0.300. The van der Waals surface area contributed by atoms with Gasteiger partial charge in [0.2, 0.25) is 0 Å². The number of carbonyl (C=O) groups excluding carboxylic acids is 1. The Balaban J connectivity index is 1.77. The molecule has 3 rings (SSSR count). The van der Waals surface area contributed by atoms with Crippen LogP contribution in [-0.4, -0.2) is 47.7 Å². The molecule has 5 nitrogen and oxygen atoms in total. The van der Waals surface area contributed by atoms with Crippen LogP contribution in [0.4, 0.5) is 0 Å². The van der Waals surface area contributed by atoms with E-state index in [0.29, 0.717) is 30.9 Å². The van der Waals surface area contributed by atoms with Gasteiger partial charge in [-0.3, -0.25) is 9.59 Å².